The average molecular weight is 343 g/mol. The summed E-state index contributed by atoms with van der Waals surface area (Å²) in [5.74, 6) is -0.0472. The molecule has 0 atom stereocenters. The molecule has 3 rings (SSSR count). The molecule has 2 heterocycles. The smallest absolute Gasteiger partial charge is 0.247 e. The molecule has 1 aromatic carbocycles. The maximum absolute atomic E-state index is 12.8. The molecule has 0 saturated carbocycles. The molecule has 0 spiro atoms. The van der Waals surface area contributed by atoms with Crippen LogP contribution in [0.15, 0.2) is 79.3 Å². The van der Waals surface area contributed by atoms with E-state index in [9.17, 15) is 4.79 Å². The first-order valence-electron chi connectivity index (χ1n) is 8.53. The predicted octanol–water partition coefficient (Wildman–Crippen LogP) is 4.03. The van der Waals surface area contributed by atoms with Gasteiger partial charge in [-0.05, 0) is 48.4 Å². The van der Waals surface area contributed by atoms with Gasteiger partial charge in [0.25, 0.3) is 0 Å². The van der Waals surface area contributed by atoms with Gasteiger partial charge in [0.2, 0.25) is 5.91 Å². The molecule has 4 nitrogen and oxygen atoms in total. The Balaban J connectivity index is 1.79. The van der Waals surface area contributed by atoms with Crippen molar-refractivity contribution in [1.82, 2.24) is 14.9 Å². The van der Waals surface area contributed by atoms with Crippen molar-refractivity contribution in [2.24, 2.45) is 0 Å². The maximum Gasteiger partial charge on any atom is 0.247 e. The Hall–Kier alpha value is -3.27. The number of hydrogen-bond acceptors (Lipinski definition) is 3. The van der Waals surface area contributed by atoms with Gasteiger partial charge in [0.05, 0.1) is 12.2 Å². The highest BCUT2D eigenvalue weighted by molar-refractivity contribution is 5.91. The van der Waals surface area contributed by atoms with Crippen molar-refractivity contribution in [2.45, 2.75) is 20.0 Å². The van der Waals surface area contributed by atoms with Crippen molar-refractivity contribution in [1.29, 1.82) is 0 Å². The third-order valence-electron chi connectivity index (χ3n) is 3.97. The van der Waals surface area contributed by atoms with E-state index in [0.717, 1.165) is 16.8 Å². The predicted molar refractivity (Wildman–Crippen MR) is 103 cm³/mol. The van der Waals surface area contributed by atoms with Crippen LogP contribution in [0.25, 0.3) is 6.08 Å². The number of benzene rings is 1. The second kappa shape index (κ2) is 8.72. The molecule has 2 aromatic heterocycles. The van der Waals surface area contributed by atoms with Crippen molar-refractivity contribution in [3.8, 4) is 0 Å². The summed E-state index contributed by atoms with van der Waals surface area (Å²) in [4.78, 5) is 22.9. The Morgan fingerprint density at radius 3 is 2.58 bits per heavy atom. The first-order chi connectivity index (χ1) is 12.7. The molecule has 0 aliphatic heterocycles. The molecule has 0 radical (unpaired) electrons. The van der Waals surface area contributed by atoms with E-state index >= 15 is 0 Å². The highest BCUT2D eigenvalue weighted by atomic mass is 16.2. The summed E-state index contributed by atoms with van der Waals surface area (Å²) in [6.45, 7) is 3.06. The Labute approximate surface area is 153 Å². The summed E-state index contributed by atoms with van der Waals surface area (Å²) in [7, 11) is 0. The number of rotatable bonds is 6. The van der Waals surface area contributed by atoms with Gasteiger partial charge >= 0.3 is 0 Å². The minimum Gasteiger partial charge on any atom is -0.329 e. The highest BCUT2D eigenvalue weighted by Gasteiger charge is 2.13. The van der Waals surface area contributed by atoms with Crippen LogP contribution >= 0.6 is 0 Å². The highest BCUT2D eigenvalue weighted by Crippen LogP contribution is 2.12. The third kappa shape index (κ3) is 5.11. The van der Waals surface area contributed by atoms with Gasteiger partial charge in [-0.3, -0.25) is 14.8 Å². The fourth-order valence-electron chi connectivity index (χ4n) is 2.68. The largest absolute Gasteiger partial charge is 0.329 e. The minimum absolute atomic E-state index is 0.0472. The number of hydrogen-bond donors (Lipinski definition) is 0. The number of carbonyl (C=O) groups is 1. The fourth-order valence-corrected chi connectivity index (χ4v) is 2.68. The Kier molecular flexibility index (Phi) is 5.88. The molecule has 3 aromatic rings. The molecule has 0 fully saturated rings. The monoisotopic (exact) mass is 343 g/mol. The quantitative estimate of drug-likeness (QED) is 0.635. The lowest BCUT2D eigenvalue weighted by Gasteiger charge is -2.21. The molecule has 0 N–H and O–H groups in total. The van der Waals surface area contributed by atoms with Crippen LogP contribution in [-0.4, -0.2) is 20.8 Å². The molecule has 0 aliphatic rings. The molecule has 4 heteroatoms. The fraction of sp³-hybridized carbons (Fsp3) is 0.136. The number of aromatic nitrogens is 2. The molecule has 130 valence electrons. The molecule has 0 saturated heterocycles. The van der Waals surface area contributed by atoms with Crippen LogP contribution in [0.5, 0.6) is 0 Å². The van der Waals surface area contributed by atoms with Gasteiger partial charge in [-0.2, -0.15) is 0 Å². The van der Waals surface area contributed by atoms with Crippen LogP contribution in [0.2, 0.25) is 0 Å². The van der Waals surface area contributed by atoms with Gasteiger partial charge < -0.3 is 4.90 Å². The normalized spacial score (nSPS) is 10.8. The topological polar surface area (TPSA) is 46.1 Å². The van der Waals surface area contributed by atoms with Crippen molar-refractivity contribution in [3.63, 3.8) is 0 Å². The zero-order chi connectivity index (χ0) is 18.2. The van der Waals surface area contributed by atoms with Crippen LogP contribution in [0.4, 0.5) is 0 Å². The first kappa shape index (κ1) is 17.5. The molecule has 1 amide bonds. The standard InChI is InChI=1S/C22H21N3O/c1-18-5-4-6-20(15-18)16-25(17-21-7-2-3-12-24-21)22(26)9-8-19-10-13-23-14-11-19/h2-15H,16-17H2,1H3. The second-order valence-corrected chi connectivity index (χ2v) is 6.12. The van der Waals surface area contributed by atoms with Crippen LogP contribution in [0.1, 0.15) is 22.4 Å². The van der Waals surface area contributed by atoms with Crippen LogP contribution < -0.4 is 0 Å². The zero-order valence-electron chi connectivity index (χ0n) is 14.7. The lowest BCUT2D eigenvalue weighted by molar-refractivity contribution is -0.127. The van der Waals surface area contributed by atoms with Crippen molar-refractivity contribution < 1.29 is 4.79 Å². The molecular weight excluding hydrogens is 322 g/mol. The van der Waals surface area contributed by atoms with Crippen LogP contribution in [-0.2, 0) is 17.9 Å². The van der Waals surface area contributed by atoms with Gasteiger partial charge in [-0.15, -0.1) is 0 Å². The van der Waals surface area contributed by atoms with Crippen LogP contribution in [0.3, 0.4) is 0 Å². The van der Waals surface area contributed by atoms with Crippen LogP contribution in [0, 0.1) is 6.92 Å². The number of nitrogens with zero attached hydrogens (tertiary/aromatic N) is 3. The zero-order valence-corrected chi connectivity index (χ0v) is 14.7. The van der Waals surface area contributed by atoms with E-state index in [1.54, 1.807) is 29.6 Å². The lowest BCUT2D eigenvalue weighted by atomic mass is 10.1. The number of pyridine rings is 2. The van der Waals surface area contributed by atoms with Crippen molar-refractivity contribution in [2.75, 3.05) is 0 Å². The number of carbonyl (C=O) groups excluding carboxylic acids is 1. The molecule has 0 unspecified atom stereocenters. The van der Waals surface area contributed by atoms with E-state index in [2.05, 4.69) is 29.0 Å². The molecule has 0 aliphatic carbocycles. The van der Waals surface area contributed by atoms with Gasteiger partial charge in [0.15, 0.2) is 0 Å². The number of amides is 1. The molecule has 0 bridgehead atoms. The van der Waals surface area contributed by atoms with E-state index in [1.807, 2.05) is 48.5 Å². The summed E-state index contributed by atoms with van der Waals surface area (Å²) in [6, 6.07) is 17.7. The Morgan fingerprint density at radius 1 is 1.00 bits per heavy atom. The van der Waals surface area contributed by atoms with Crippen molar-refractivity contribution >= 4 is 12.0 Å². The van der Waals surface area contributed by atoms with E-state index < -0.39 is 0 Å². The summed E-state index contributed by atoms with van der Waals surface area (Å²) < 4.78 is 0. The molecular formula is C22H21N3O. The lowest BCUT2D eigenvalue weighted by Crippen LogP contribution is -2.28. The van der Waals surface area contributed by atoms with Gasteiger partial charge in [0, 0.05) is 31.2 Å². The second-order valence-electron chi connectivity index (χ2n) is 6.12. The van der Waals surface area contributed by atoms with E-state index in [4.69, 9.17) is 0 Å². The maximum atomic E-state index is 12.8. The van der Waals surface area contributed by atoms with E-state index in [1.165, 1.54) is 5.56 Å². The minimum atomic E-state index is -0.0472. The SMILES string of the molecule is Cc1cccc(CN(Cc2ccccn2)C(=O)C=Cc2ccncc2)c1. The summed E-state index contributed by atoms with van der Waals surface area (Å²) >= 11 is 0. The number of aryl methyl sites for hydroxylation is 1. The van der Waals surface area contributed by atoms with Gasteiger partial charge in [-0.25, -0.2) is 0 Å². The van der Waals surface area contributed by atoms with Gasteiger partial charge in [-0.1, -0.05) is 35.9 Å². The average Bonchev–Trinajstić information content (AvgIpc) is 2.67. The Bertz CT molecular complexity index is 876. The summed E-state index contributed by atoms with van der Waals surface area (Å²) in [6.07, 6.45) is 8.59. The van der Waals surface area contributed by atoms with E-state index in [-0.39, 0.29) is 5.91 Å². The third-order valence-corrected chi connectivity index (χ3v) is 3.97. The summed E-state index contributed by atoms with van der Waals surface area (Å²) in [5, 5.41) is 0. The van der Waals surface area contributed by atoms with E-state index in [0.29, 0.717) is 13.1 Å². The molecule has 26 heavy (non-hydrogen) atoms. The summed E-state index contributed by atoms with van der Waals surface area (Å²) in [5.41, 5.74) is 4.10. The van der Waals surface area contributed by atoms with Crippen molar-refractivity contribution in [3.05, 3.63) is 102 Å². The Morgan fingerprint density at radius 2 is 1.85 bits per heavy atom. The first-order valence-corrected chi connectivity index (χ1v) is 8.53. The van der Waals surface area contributed by atoms with Gasteiger partial charge in [0.1, 0.15) is 0 Å².